The molecule has 0 saturated carbocycles. The number of aromatic nitrogens is 1. The number of nitrogens with zero attached hydrogens (tertiary/aromatic N) is 2. The number of carbonyl (C=O) groups is 2. The van der Waals surface area contributed by atoms with Crippen LogP contribution in [-0.2, 0) is 30.8 Å². The van der Waals surface area contributed by atoms with Crippen LogP contribution in [0.25, 0.3) is 11.3 Å². The van der Waals surface area contributed by atoms with Gasteiger partial charge in [-0.2, -0.15) is 4.31 Å². The summed E-state index contributed by atoms with van der Waals surface area (Å²) in [5, 5.41) is 0. The number of sulfonamides is 1. The Morgan fingerprint density at radius 1 is 0.943 bits per heavy atom. The van der Waals surface area contributed by atoms with Crippen LogP contribution in [0.1, 0.15) is 21.6 Å². The number of hydrogen-bond acceptors (Lipinski definition) is 8. The second kappa shape index (κ2) is 11.1. The molecule has 0 unspecified atom stereocenters. The molecule has 1 aromatic heterocycles. The minimum absolute atomic E-state index is 0.00410. The van der Waals surface area contributed by atoms with Crippen LogP contribution >= 0.6 is 0 Å². The van der Waals surface area contributed by atoms with E-state index in [1.165, 1.54) is 32.4 Å². The quantitative estimate of drug-likeness (QED) is 0.414. The Morgan fingerprint density at radius 3 is 2.29 bits per heavy atom. The average molecular weight is 499 g/mol. The molecule has 0 aliphatic heterocycles. The van der Waals surface area contributed by atoms with E-state index in [0.29, 0.717) is 17.0 Å². The Labute approximate surface area is 204 Å². The third kappa shape index (κ3) is 6.03. The molecule has 0 saturated heterocycles. The topological polar surface area (TPSA) is 112 Å². The van der Waals surface area contributed by atoms with Gasteiger partial charge in [-0.1, -0.05) is 29.8 Å². The molecular formula is C25H26N2O7S. The number of benzene rings is 2. The van der Waals surface area contributed by atoms with Gasteiger partial charge in [0.2, 0.25) is 10.0 Å². The molecule has 0 amide bonds. The Hall–Kier alpha value is -3.76. The molecule has 3 aromatic rings. The van der Waals surface area contributed by atoms with Crippen LogP contribution in [0.15, 0.2) is 65.6 Å². The van der Waals surface area contributed by atoms with Gasteiger partial charge in [-0.3, -0.25) is 9.78 Å². The Balaban J connectivity index is 2.11. The summed E-state index contributed by atoms with van der Waals surface area (Å²) in [6.07, 6.45) is 0. The van der Waals surface area contributed by atoms with E-state index in [1.807, 2.05) is 13.0 Å². The lowest BCUT2D eigenvalue weighted by Crippen LogP contribution is -2.36. The number of methoxy groups -OCH3 is 3. The average Bonchev–Trinajstić information content (AvgIpc) is 2.87. The van der Waals surface area contributed by atoms with E-state index in [0.717, 1.165) is 9.87 Å². The highest BCUT2D eigenvalue weighted by Crippen LogP contribution is 2.26. The second-order valence-electron chi connectivity index (χ2n) is 7.58. The number of hydrogen-bond donors (Lipinski definition) is 0. The molecule has 0 bridgehead atoms. The minimum Gasteiger partial charge on any atom is -0.497 e. The van der Waals surface area contributed by atoms with E-state index in [9.17, 15) is 18.0 Å². The van der Waals surface area contributed by atoms with Crippen LogP contribution in [-0.4, -0.2) is 57.5 Å². The zero-order valence-electron chi connectivity index (χ0n) is 19.8. The summed E-state index contributed by atoms with van der Waals surface area (Å²) in [4.78, 5) is 29.1. The number of esters is 2. The molecule has 2 aromatic carbocycles. The molecule has 10 heteroatoms. The minimum atomic E-state index is -4.14. The Kier molecular flexibility index (Phi) is 8.21. The zero-order valence-corrected chi connectivity index (χ0v) is 20.7. The van der Waals surface area contributed by atoms with Crippen LogP contribution in [0.3, 0.4) is 0 Å². The smallest absolute Gasteiger partial charge is 0.339 e. The van der Waals surface area contributed by atoms with Gasteiger partial charge in [0.1, 0.15) is 12.3 Å². The van der Waals surface area contributed by atoms with Crippen molar-refractivity contribution in [3.05, 3.63) is 77.5 Å². The molecule has 184 valence electrons. The van der Waals surface area contributed by atoms with Crippen LogP contribution in [0.2, 0.25) is 0 Å². The molecule has 3 rings (SSSR count). The summed E-state index contributed by atoms with van der Waals surface area (Å²) in [6.45, 7) is 0.894. The Morgan fingerprint density at radius 2 is 1.66 bits per heavy atom. The fraction of sp³-hybridized carbons (Fsp3) is 0.240. The number of aryl methyl sites for hydroxylation is 1. The highest BCUT2D eigenvalue weighted by molar-refractivity contribution is 7.89. The van der Waals surface area contributed by atoms with Gasteiger partial charge in [0.25, 0.3) is 0 Å². The van der Waals surface area contributed by atoms with Gasteiger partial charge in [0.15, 0.2) is 0 Å². The van der Waals surface area contributed by atoms with E-state index in [2.05, 4.69) is 4.98 Å². The van der Waals surface area contributed by atoms with Crippen LogP contribution in [0.5, 0.6) is 5.75 Å². The normalized spacial score (nSPS) is 11.2. The predicted molar refractivity (Wildman–Crippen MR) is 128 cm³/mol. The van der Waals surface area contributed by atoms with Crippen molar-refractivity contribution in [3.8, 4) is 17.0 Å². The van der Waals surface area contributed by atoms with Gasteiger partial charge in [0.05, 0.1) is 49.7 Å². The monoisotopic (exact) mass is 498 g/mol. The first-order valence-corrected chi connectivity index (χ1v) is 12.0. The summed E-state index contributed by atoms with van der Waals surface area (Å²) >= 11 is 0. The fourth-order valence-corrected chi connectivity index (χ4v) is 4.67. The van der Waals surface area contributed by atoms with Gasteiger partial charge in [-0.15, -0.1) is 0 Å². The summed E-state index contributed by atoms with van der Waals surface area (Å²) in [5.74, 6) is -0.836. The molecular weight excluding hydrogens is 472 g/mol. The lowest BCUT2D eigenvalue weighted by atomic mass is 10.1. The van der Waals surface area contributed by atoms with Gasteiger partial charge < -0.3 is 14.2 Å². The van der Waals surface area contributed by atoms with Gasteiger partial charge >= 0.3 is 11.9 Å². The first-order valence-electron chi connectivity index (χ1n) is 10.6. The first kappa shape index (κ1) is 25.9. The fourth-order valence-electron chi connectivity index (χ4n) is 3.32. The van der Waals surface area contributed by atoms with Crippen molar-refractivity contribution < 1.29 is 32.2 Å². The van der Waals surface area contributed by atoms with Gasteiger partial charge in [-0.25, -0.2) is 13.2 Å². The SMILES string of the molecule is COC(=O)CN(Cc1nc(-c2cccc(OC)c2)ccc1C(=O)OC)S(=O)(=O)c1ccc(C)cc1. The summed E-state index contributed by atoms with van der Waals surface area (Å²) < 4.78 is 42.7. The van der Waals surface area contributed by atoms with Crippen molar-refractivity contribution in [2.75, 3.05) is 27.9 Å². The van der Waals surface area contributed by atoms with Crippen LogP contribution in [0.4, 0.5) is 0 Å². The van der Waals surface area contributed by atoms with E-state index in [-0.39, 0.29) is 22.7 Å². The highest BCUT2D eigenvalue weighted by Gasteiger charge is 2.29. The molecule has 9 nitrogen and oxygen atoms in total. The van der Waals surface area contributed by atoms with Gasteiger partial charge in [-0.05, 0) is 43.3 Å². The van der Waals surface area contributed by atoms with E-state index in [1.54, 1.807) is 43.5 Å². The first-order chi connectivity index (χ1) is 16.7. The largest absolute Gasteiger partial charge is 0.497 e. The third-order valence-electron chi connectivity index (χ3n) is 5.26. The molecule has 0 aliphatic rings. The van der Waals surface area contributed by atoms with Crippen LogP contribution < -0.4 is 4.74 Å². The van der Waals surface area contributed by atoms with Crippen LogP contribution in [0, 0.1) is 6.92 Å². The van der Waals surface area contributed by atoms with E-state index in [4.69, 9.17) is 14.2 Å². The molecule has 0 atom stereocenters. The number of pyridine rings is 1. The van der Waals surface area contributed by atoms with Crippen molar-refractivity contribution in [2.24, 2.45) is 0 Å². The summed E-state index contributed by atoms with van der Waals surface area (Å²) in [5.41, 5.74) is 2.26. The number of rotatable bonds is 9. The highest BCUT2D eigenvalue weighted by atomic mass is 32.2. The molecule has 0 fully saturated rings. The lowest BCUT2D eigenvalue weighted by molar-refractivity contribution is -0.140. The van der Waals surface area contributed by atoms with E-state index >= 15 is 0 Å². The maximum absolute atomic E-state index is 13.4. The second-order valence-corrected chi connectivity index (χ2v) is 9.51. The zero-order chi connectivity index (χ0) is 25.6. The maximum atomic E-state index is 13.4. The molecule has 0 N–H and O–H groups in total. The van der Waals surface area contributed by atoms with Crippen molar-refractivity contribution in [1.29, 1.82) is 0 Å². The standard InChI is InChI=1S/C25H26N2O7S/c1-17-8-10-20(11-9-17)35(30,31)27(16-24(28)33-3)15-23-21(25(29)34-4)12-13-22(26-23)18-6-5-7-19(14-18)32-2/h5-14H,15-16H2,1-4H3. The van der Waals surface area contributed by atoms with Crippen molar-refractivity contribution in [1.82, 2.24) is 9.29 Å². The van der Waals surface area contributed by atoms with Crippen molar-refractivity contribution in [2.45, 2.75) is 18.4 Å². The summed E-state index contributed by atoms with van der Waals surface area (Å²) in [7, 11) is -0.211. The lowest BCUT2D eigenvalue weighted by Gasteiger charge is -2.22. The predicted octanol–water partition coefficient (Wildman–Crippen LogP) is 3.22. The third-order valence-corrected chi connectivity index (χ3v) is 7.07. The molecule has 0 radical (unpaired) electrons. The molecule has 0 aliphatic carbocycles. The molecule has 35 heavy (non-hydrogen) atoms. The maximum Gasteiger partial charge on any atom is 0.339 e. The van der Waals surface area contributed by atoms with Gasteiger partial charge in [0, 0.05) is 5.56 Å². The Bertz CT molecular complexity index is 1320. The molecule has 1 heterocycles. The summed E-state index contributed by atoms with van der Waals surface area (Å²) in [6, 6.07) is 16.5. The number of ether oxygens (including phenoxy) is 3. The van der Waals surface area contributed by atoms with Crippen molar-refractivity contribution >= 4 is 22.0 Å². The van der Waals surface area contributed by atoms with Crippen molar-refractivity contribution in [3.63, 3.8) is 0 Å². The molecule has 0 spiro atoms. The van der Waals surface area contributed by atoms with E-state index < -0.39 is 28.5 Å². The number of carbonyl (C=O) groups excluding carboxylic acids is 2.